The molecule has 1 amide bonds. The van der Waals surface area contributed by atoms with Crippen molar-refractivity contribution in [2.75, 3.05) is 12.8 Å². The monoisotopic (exact) mass is 347 g/mol. The number of hydrogen-bond acceptors (Lipinski definition) is 4. The number of aromatic nitrogens is 1. The van der Waals surface area contributed by atoms with Gasteiger partial charge in [0.25, 0.3) is 0 Å². The van der Waals surface area contributed by atoms with E-state index in [4.69, 9.17) is 0 Å². The van der Waals surface area contributed by atoms with Crippen LogP contribution >= 0.6 is 0 Å². The maximum atomic E-state index is 12.0. The van der Waals surface area contributed by atoms with E-state index in [1.54, 1.807) is 12.4 Å². The molecule has 0 unspecified atom stereocenters. The summed E-state index contributed by atoms with van der Waals surface area (Å²) in [6, 6.07) is 13.0. The van der Waals surface area contributed by atoms with E-state index in [0.29, 0.717) is 6.54 Å². The summed E-state index contributed by atoms with van der Waals surface area (Å²) >= 11 is 0. The lowest BCUT2D eigenvalue weighted by atomic mass is 10.2. The number of carbonyl (C=O) groups is 1. The Morgan fingerprint density at radius 3 is 2.38 bits per heavy atom. The van der Waals surface area contributed by atoms with E-state index in [1.807, 2.05) is 42.5 Å². The highest BCUT2D eigenvalue weighted by Crippen LogP contribution is 2.09. The highest BCUT2D eigenvalue weighted by Gasteiger charge is 2.18. The highest BCUT2D eigenvalue weighted by atomic mass is 32.2. The Labute approximate surface area is 142 Å². The maximum Gasteiger partial charge on any atom is 0.221 e. The molecule has 0 fully saturated rings. The van der Waals surface area contributed by atoms with Crippen LogP contribution in [0.3, 0.4) is 0 Å². The zero-order valence-corrected chi connectivity index (χ0v) is 14.4. The van der Waals surface area contributed by atoms with Crippen molar-refractivity contribution in [2.45, 2.75) is 19.5 Å². The second-order valence-corrected chi connectivity index (χ2v) is 7.45. The summed E-state index contributed by atoms with van der Waals surface area (Å²) in [4.78, 5) is 15.9. The first-order valence-corrected chi connectivity index (χ1v) is 9.44. The third-order valence-electron chi connectivity index (χ3n) is 3.50. The van der Waals surface area contributed by atoms with Crippen LogP contribution < -0.4 is 5.32 Å². The van der Waals surface area contributed by atoms with Gasteiger partial charge in [0.1, 0.15) is 0 Å². The van der Waals surface area contributed by atoms with Crippen LogP contribution in [0.2, 0.25) is 0 Å². The van der Waals surface area contributed by atoms with Gasteiger partial charge in [0.2, 0.25) is 15.9 Å². The van der Waals surface area contributed by atoms with Crippen molar-refractivity contribution < 1.29 is 13.2 Å². The zero-order chi connectivity index (χ0) is 17.4. The quantitative estimate of drug-likeness (QED) is 0.786. The third kappa shape index (κ3) is 6.10. The SMILES string of the molecule is CS(=O)(=O)N(CCC(=O)NCc1ccncc1)Cc1ccccc1. The van der Waals surface area contributed by atoms with Gasteiger partial charge in [-0.15, -0.1) is 0 Å². The molecule has 0 aliphatic carbocycles. The van der Waals surface area contributed by atoms with Crippen molar-refractivity contribution in [3.05, 3.63) is 66.0 Å². The second-order valence-electron chi connectivity index (χ2n) is 5.46. The Kier molecular flexibility index (Phi) is 6.45. The van der Waals surface area contributed by atoms with Crippen LogP contribution in [0.5, 0.6) is 0 Å². The Balaban J connectivity index is 1.87. The molecule has 0 atom stereocenters. The minimum atomic E-state index is -3.38. The van der Waals surface area contributed by atoms with Gasteiger partial charge in [-0.3, -0.25) is 9.78 Å². The molecule has 0 aliphatic rings. The molecule has 0 aliphatic heterocycles. The lowest BCUT2D eigenvalue weighted by molar-refractivity contribution is -0.121. The average molecular weight is 347 g/mol. The smallest absolute Gasteiger partial charge is 0.221 e. The molecule has 0 saturated heterocycles. The normalized spacial score (nSPS) is 11.4. The minimum Gasteiger partial charge on any atom is -0.352 e. The molecule has 1 aromatic carbocycles. The fraction of sp³-hybridized carbons (Fsp3) is 0.294. The lowest BCUT2D eigenvalue weighted by Gasteiger charge is -2.19. The lowest BCUT2D eigenvalue weighted by Crippen LogP contribution is -2.34. The van der Waals surface area contributed by atoms with Gasteiger partial charge in [0.15, 0.2) is 0 Å². The molecular weight excluding hydrogens is 326 g/mol. The molecule has 2 rings (SSSR count). The van der Waals surface area contributed by atoms with Crippen molar-refractivity contribution >= 4 is 15.9 Å². The van der Waals surface area contributed by atoms with Gasteiger partial charge in [0.05, 0.1) is 6.26 Å². The number of pyridine rings is 1. The van der Waals surface area contributed by atoms with Crippen LogP contribution in [-0.4, -0.2) is 36.4 Å². The molecule has 2 aromatic rings. The van der Waals surface area contributed by atoms with Gasteiger partial charge in [-0.05, 0) is 23.3 Å². The number of carbonyl (C=O) groups excluding carboxylic acids is 1. The summed E-state index contributed by atoms with van der Waals surface area (Å²) in [5.41, 5.74) is 1.84. The number of rotatable bonds is 8. The Morgan fingerprint density at radius 2 is 1.75 bits per heavy atom. The fourth-order valence-corrected chi connectivity index (χ4v) is 2.97. The number of nitrogens with one attached hydrogen (secondary N) is 1. The van der Waals surface area contributed by atoms with Gasteiger partial charge >= 0.3 is 0 Å². The van der Waals surface area contributed by atoms with Crippen LogP contribution in [-0.2, 0) is 27.9 Å². The first kappa shape index (κ1) is 18.1. The largest absolute Gasteiger partial charge is 0.352 e. The van der Waals surface area contributed by atoms with Gasteiger partial charge in [-0.25, -0.2) is 8.42 Å². The standard InChI is InChI=1S/C17H21N3O3S/c1-24(22,23)20(14-16-5-3-2-4-6-16)12-9-17(21)19-13-15-7-10-18-11-8-15/h2-8,10-11H,9,12-14H2,1H3,(H,19,21). The van der Waals surface area contributed by atoms with Crippen LogP contribution in [0, 0.1) is 0 Å². The van der Waals surface area contributed by atoms with E-state index in [1.165, 1.54) is 4.31 Å². The first-order valence-electron chi connectivity index (χ1n) is 7.60. The third-order valence-corrected chi connectivity index (χ3v) is 4.75. The van der Waals surface area contributed by atoms with Crippen LogP contribution in [0.25, 0.3) is 0 Å². The Bertz CT molecular complexity index is 749. The van der Waals surface area contributed by atoms with Gasteiger partial charge in [0, 0.05) is 38.4 Å². The Hall–Kier alpha value is -2.25. The molecule has 7 heteroatoms. The summed E-state index contributed by atoms with van der Waals surface area (Å²) in [6.45, 7) is 0.812. The molecular formula is C17H21N3O3S. The van der Waals surface area contributed by atoms with E-state index in [-0.39, 0.29) is 25.4 Å². The number of benzene rings is 1. The average Bonchev–Trinajstić information content (AvgIpc) is 2.57. The van der Waals surface area contributed by atoms with Crippen LogP contribution in [0.15, 0.2) is 54.9 Å². The fourth-order valence-electron chi connectivity index (χ4n) is 2.17. The number of hydrogen-bond donors (Lipinski definition) is 1. The summed E-state index contributed by atoms with van der Waals surface area (Å²) < 4.78 is 25.1. The maximum absolute atomic E-state index is 12.0. The van der Waals surface area contributed by atoms with E-state index < -0.39 is 10.0 Å². The molecule has 0 spiro atoms. The Morgan fingerprint density at radius 1 is 1.08 bits per heavy atom. The van der Waals surface area contributed by atoms with E-state index in [2.05, 4.69) is 10.3 Å². The second kappa shape index (κ2) is 8.56. The van der Waals surface area contributed by atoms with Crippen molar-refractivity contribution in [3.63, 3.8) is 0 Å². The summed E-state index contributed by atoms with van der Waals surface area (Å²) in [7, 11) is -3.38. The molecule has 128 valence electrons. The van der Waals surface area contributed by atoms with Gasteiger partial charge in [-0.2, -0.15) is 4.31 Å². The zero-order valence-electron chi connectivity index (χ0n) is 13.6. The van der Waals surface area contributed by atoms with Crippen molar-refractivity contribution in [1.82, 2.24) is 14.6 Å². The molecule has 1 heterocycles. The van der Waals surface area contributed by atoms with Crippen molar-refractivity contribution in [2.24, 2.45) is 0 Å². The number of nitrogens with zero attached hydrogens (tertiary/aromatic N) is 2. The van der Waals surface area contributed by atoms with E-state index in [0.717, 1.165) is 17.4 Å². The summed E-state index contributed by atoms with van der Waals surface area (Å²) in [5, 5.41) is 2.78. The highest BCUT2D eigenvalue weighted by molar-refractivity contribution is 7.88. The summed E-state index contributed by atoms with van der Waals surface area (Å²) in [5.74, 6) is -0.187. The molecule has 0 bridgehead atoms. The molecule has 1 aromatic heterocycles. The number of sulfonamides is 1. The minimum absolute atomic E-state index is 0.116. The molecule has 0 saturated carbocycles. The number of amides is 1. The predicted molar refractivity (Wildman–Crippen MR) is 92.4 cm³/mol. The molecule has 24 heavy (non-hydrogen) atoms. The first-order chi connectivity index (χ1) is 11.4. The van der Waals surface area contributed by atoms with E-state index >= 15 is 0 Å². The van der Waals surface area contributed by atoms with Crippen molar-refractivity contribution in [1.29, 1.82) is 0 Å². The predicted octanol–water partition coefficient (Wildman–Crippen LogP) is 1.55. The molecule has 1 N–H and O–H groups in total. The van der Waals surface area contributed by atoms with Gasteiger partial charge in [-0.1, -0.05) is 30.3 Å². The van der Waals surface area contributed by atoms with Crippen LogP contribution in [0.4, 0.5) is 0 Å². The van der Waals surface area contributed by atoms with Crippen molar-refractivity contribution in [3.8, 4) is 0 Å². The van der Waals surface area contributed by atoms with Gasteiger partial charge < -0.3 is 5.32 Å². The van der Waals surface area contributed by atoms with Crippen LogP contribution in [0.1, 0.15) is 17.5 Å². The molecule has 6 nitrogen and oxygen atoms in total. The van der Waals surface area contributed by atoms with E-state index in [9.17, 15) is 13.2 Å². The molecule has 0 radical (unpaired) electrons. The topological polar surface area (TPSA) is 79.4 Å². The summed E-state index contributed by atoms with van der Waals surface area (Å²) in [6.07, 6.45) is 4.59.